The van der Waals surface area contributed by atoms with Crippen LogP contribution >= 0.6 is 0 Å². The van der Waals surface area contributed by atoms with Crippen molar-refractivity contribution in [2.45, 2.75) is 51.1 Å². The highest BCUT2D eigenvalue weighted by Gasteiger charge is 2.48. The van der Waals surface area contributed by atoms with Crippen LogP contribution in [0, 0.1) is 0 Å². The fourth-order valence-electron chi connectivity index (χ4n) is 3.33. The first kappa shape index (κ1) is 13.9. The van der Waals surface area contributed by atoms with Crippen LogP contribution in [-0.2, 0) is 4.74 Å². The van der Waals surface area contributed by atoms with E-state index in [0.717, 1.165) is 19.2 Å². The van der Waals surface area contributed by atoms with Crippen LogP contribution in [0.5, 0.6) is 0 Å². The zero-order valence-electron chi connectivity index (χ0n) is 11.4. The van der Waals surface area contributed by atoms with E-state index < -0.39 is 0 Å². The molecule has 0 radical (unpaired) electrons. The zero-order chi connectivity index (χ0) is 12.0. The predicted octanol–water partition coefficient (Wildman–Crippen LogP) is 1.88. The molecule has 96 valence electrons. The minimum Gasteiger partial charge on any atom is -0.383 e. The molecule has 2 aliphatic heterocycles. The number of hydrogen-bond donors (Lipinski definition) is 1. The number of rotatable bonds is 4. The number of ether oxygens (including phenoxy) is 1. The molecule has 3 nitrogen and oxygen atoms in total. The molecule has 0 bridgehead atoms. The van der Waals surface area contributed by atoms with Crippen molar-refractivity contribution in [1.29, 1.82) is 0 Å². The lowest BCUT2D eigenvalue weighted by Gasteiger charge is -2.34. The van der Waals surface area contributed by atoms with E-state index >= 15 is 0 Å². The molecule has 0 aromatic heterocycles. The minimum atomic E-state index is 0.399. The lowest BCUT2D eigenvalue weighted by molar-refractivity contribution is 0.0501. The van der Waals surface area contributed by atoms with Gasteiger partial charge in [-0.1, -0.05) is 13.8 Å². The third-order valence-electron chi connectivity index (χ3n) is 3.89. The van der Waals surface area contributed by atoms with Gasteiger partial charge in [-0.2, -0.15) is 0 Å². The molecule has 2 atom stereocenters. The molecule has 0 aromatic rings. The van der Waals surface area contributed by atoms with E-state index in [9.17, 15) is 0 Å². The lowest BCUT2D eigenvalue weighted by atomic mass is 9.95. The Morgan fingerprint density at radius 2 is 2.12 bits per heavy atom. The van der Waals surface area contributed by atoms with Gasteiger partial charge in [0.1, 0.15) is 0 Å². The highest BCUT2D eigenvalue weighted by atomic mass is 16.5. The van der Waals surface area contributed by atoms with Gasteiger partial charge in [0.15, 0.2) is 0 Å². The minimum absolute atomic E-state index is 0.399. The predicted molar refractivity (Wildman–Crippen MR) is 68.8 cm³/mol. The van der Waals surface area contributed by atoms with Crippen LogP contribution in [0.25, 0.3) is 0 Å². The molecule has 2 heterocycles. The lowest BCUT2D eigenvalue weighted by Crippen LogP contribution is -2.47. The summed E-state index contributed by atoms with van der Waals surface area (Å²) in [6.07, 6.45) is 5.35. The summed E-state index contributed by atoms with van der Waals surface area (Å²) in [6, 6.07) is 0.748. The van der Waals surface area contributed by atoms with Crippen molar-refractivity contribution in [3.63, 3.8) is 0 Å². The first-order chi connectivity index (χ1) is 7.82. The maximum atomic E-state index is 5.39. The number of likely N-dealkylation sites (N-methyl/N-ethyl adjacent to an activating group) is 1. The average molecular weight is 228 g/mol. The number of nitrogens with one attached hydrogen (secondary N) is 1. The van der Waals surface area contributed by atoms with Gasteiger partial charge in [0.05, 0.1) is 6.61 Å². The number of hydrogen-bond acceptors (Lipinski definition) is 3. The third kappa shape index (κ3) is 2.58. The Morgan fingerprint density at radius 3 is 2.75 bits per heavy atom. The van der Waals surface area contributed by atoms with E-state index in [0.29, 0.717) is 5.54 Å². The second-order valence-corrected chi connectivity index (χ2v) is 4.70. The summed E-state index contributed by atoms with van der Waals surface area (Å²) in [5.41, 5.74) is 0.399. The molecular weight excluding hydrogens is 200 g/mol. The highest BCUT2D eigenvalue weighted by Crippen LogP contribution is 2.42. The van der Waals surface area contributed by atoms with Gasteiger partial charge in [-0.25, -0.2) is 0 Å². The Labute approximate surface area is 101 Å². The smallest absolute Gasteiger partial charge is 0.0646 e. The molecule has 2 unspecified atom stereocenters. The van der Waals surface area contributed by atoms with Crippen LogP contribution in [-0.4, -0.2) is 50.3 Å². The molecule has 2 aliphatic rings. The average Bonchev–Trinajstić information content (AvgIpc) is 2.83. The molecular formula is C13H28N2O. The van der Waals surface area contributed by atoms with Gasteiger partial charge in [-0.05, 0) is 39.3 Å². The number of fused-ring (bicyclic) bond motifs is 1. The van der Waals surface area contributed by atoms with Crippen LogP contribution in [0.2, 0.25) is 0 Å². The first-order valence-electron chi connectivity index (χ1n) is 6.73. The van der Waals surface area contributed by atoms with Crippen molar-refractivity contribution in [3.8, 4) is 0 Å². The van der Waals surface area contributed by atoms with E-state index in [4.69, 9.17) is 4.74 Å². The van der Waals surface area contributed by atoms with E-state index in [1.54, 1.807) is 0 Å². The quantitative estimate of drug-likeness (QED) is 0.795. The molecule has 2 fully saturated rings. The Morgan fingerprint density at radius 1 is 1.38 bits per heavy atom. The Hall–Kier alpha value is -0.120. The second kappa shape index (κ2) is 6.58. The second-order valence-electron chi connectivity index (χ2n) is 4.70. The van der Waals surface area contributed by atoms with Crippen LogP contribution < -0.4 is 5.32 Å². The van der Waals surface area contributed by atoms with Gasteiger partial charge in [0, 0.05) is 25.2 Å². The van der Waals surface area contributed by atoms with Crippen LogP contribution in [0.3, 0.4) is 0 Å². The summed E-state index contributed by atoms with van der Waals surface area (Å²) in [5.74, 6) is 0. The fourth-order valence-corrected chi connectivity index (χ4v) is 3.33. The summed E-state index contributed by atoms with van der Waals surface area (Å²) in [7, 11) is 3.88. The molecule has 16 heavy (non-hydrogen) atoms. The fraction of sp³-hybridized carbons (Fsp3) is 1.00. The monoisotopic (exact) mass is 228 g/mol. The van der Waals surface area contributed by atoms with Crippen molar-refractivity contribution < 1.29 is 4.74 Å². The van der Waals surface area contributed by atoms with Crippen molar-refractivity contribution in [2.75, 3.05) is 33.9 Å². The maximum Gasteiger partial charge on any atom is 0.0646 e. The van der Waals surface area contributed by atoms with Crippen LogP contribution in [0.15, 0.2) is 0 Å². The highest BCUT2D eigenvalue weighted by molar-refractivity contribution is 5.04. The summed E-state index contributed by atoms with van der Waals surface area (Å²) < 4.78 is 5.39. The third-order valence-corrected chi connectivity index (χ3v) is 3.89. The summed E-state index contributed by atoms with van der Waals surface area (Å²) in [4.78, 5) is 2.69. The molecule has 1 N–H and O–H groups in total. The van der Waals surface area contributed by atoms with Crippen molar-refractivity contribution in [1.82, 2.24) is 10.2 Å². The molecule has 0 spiro atoms. The van der Waals surface area contributed by atoms with Crippen molar-refractivity contribution in [3.05, 3.63) is 0 Å². The summed E-state index contributed by atoms with van der Waals surface area (Å²) in [5, 5.41) is 3.30. The Balaban J connectivity index is 0.000000606. The van der Waals surface area contributed by atoms with E-state index in [1.165, 1.54) is 32.2 Å². The molecule has 2 saturated heterocycles. The van der Waals surface area contributed by atoms with E-state index in [-0.39, 0.29) is 0 Å². The van der Waals surface area contributed by atoms with Crippen molar-refractivity contribution >= 4 is 0 Å². The van der Waals surface area contributed by atoms with Gasteiger partial charge < -0.3 is 10.1 Å². The van der Waals surface area contributed by atoms with Gasteiger partial charge in [-0.15, -0.1) is 0 Å². The molecule has 2 rings (SSSR count). The molecule has 0 aromatic carbocycles. The van der Waals surface area contributed by atoms with E-state index in [2.05, 4.69) is 10.2 Å². The topological polar surface area (TPSA) is 24.5 Å². The SMILES string of the molecule is CC.CNCC1CCC2(COC)CCCN12. The maximum absolute atomic E-state index is 5.39. The largest absolute Gasteiger partial charge is 0.383 e. The normalized spacial score (nSPS) is 33.4. The van der Waals surface area contributed by atoms with Gasteiger partial charge >= 0.3 is 0 Å². The van der Waals surface area contributed by atoms with E-state index in [1.807, 2.05) is 28.0 Å². The summed E-state index contributed by atoms with van der Waals surface area (Å²) in [6.45, 7) is 7.33. The molecule has 3 heteroatoms. The van der Waals surface area contributed by atoms with Gasteiger partial charge in [0.25, 0.3) is 0 Å². The molecule has 0 saturated carbocycles. The first-order valence-corrected chi connectivity index (χ1v) is 6.73. The van der Waals surface area contributed by atoms with Crippen LogP contribution in [0.4, 0.5) is 0 Å². The van der Waals surface area contributed by atoms with Crippen LogP contribution in [0.1, 0.15) is 39.5 Å². The Bertz CT molecular complexity index is 198. The summed E-state index contributed by atoms with van der Waals surface area (Å²) >= 11 is 0. The Kier molecular flexibility index (Phi) is 5.73. The number of methoxy groups -OCH3 is 1. The molecule has 0 aliphatic carbocycles. The zero-order valence-corrected chi connectivity index (χ0v) is 11.4. The standard InChI is InChI=1S/C11H22N2O.C2H6/c1-12-8-10-4-6-11(9-14-2)5-3-7-13(10)11;1-2/h10,12H,3-9H2,1-2H3;1-2H3. The van der Waals surface area contributed by atoms with Gasteiger partial charge in [0.2, 0.25) is 0 Å². The number of nitrogens with zero attached hydrogens (tertiary/aromatic N) is 1. The molecule has 0 amide bonds. The van der Waals surface area contributed by atoms with Gasteiger partial charge in [-0.3, -0.25) is 4.90 Å². The van der Waals surface area contributed by atoms with Crippen molar-refractivity contribution in [2.24, 2.45) is 0 Å².